The second kappa shape index (κ2) is 10.6. The highest BCUT2D eigenvalue weighted by Crippen LogP contribution is 2.35. The van der Waals surface area contributed by atoms with E-state index in [4.69, 9.17) is 0 Å². The summed E-state index contributed by atoms with van der Waals surface area (Å²) >= 11 is 1.03. The Bertz CT molecular complexity index is 1500. The topological polar surface area (TPSA) is 140 Å². The van der Waals surface area contributed by atoms with Gasteiger partial charge in [-0.15, -0.1) is 5.10 Å². The molecule has 0 saturated carbocycles. The zero-order valence-corrected chi connectivity index (χ0v) is 20.1. The van der Waals surface area contributed by atoms with Crippen LogP contribution in [0.2, 0.25) is 0 Å². The van der Waals surface area contributed by atoms with E-state index in [0.29, 0.717) is 27.0 Å². The Kier molecular flexibility index (Phi) is 7.17. The molecule has 0 aliphatic carbocycles. The molecule has 0 bridgehead atoms. The standard InChI is InChI=1S/C25H19N7O3S/c1-16-10-17(2)12-20(11-16)27-24(33)19(15-26)13-18-8-9-23(22(14-18)32(34)35)36-25-28-29-30-31(25)21-6-4-3-5-7-21/h3-14H,1-2H3,(H,27,33)/b19-13+. The van der Waals surface area contributed by atoms with Crippen molar-refractivity contribution in [1.29, 1.82) is 5.26 Å². The van der Waals surface area contributed by atoms with Crippen LogP contribution in [0, 0.1) is 35.3 Å². The Labute approximate surface area is 210 Å². The summed E-state index contributed by atoms with van der Waals surface area (Å²) in [7, 11) is 0. The zero-order valence-electron chi connectivity index (χ0n) is 19.2. The van der Waals surface area contributed by atoms with Crippen LogP contribution in [0.3, 0.4) is 0 Å². The van der Waals surface area contributed by atoms with Gasteiger partial charge in [-0.05, 0) is 89.1 Å². The molecule has 0 radical (unpaired) electrons. The van der Waals surface area contributed by atoms with Crippen LogP contribution in [-0.2, 0) is 4.79 Å². The number of nitro benzene ring substituents is 1. The van der Waals surface area contributed by atoms with E-state index in [9.17, 15) is 20.2 Å². The number of benzene rings is 3. The van der Waals surface area contributed by atoms with Gasteiger partial charge in [0.2, 0.25) is 5.16 Å². The first-order chi connectivity index (χ1) is 17.3. The third kappa shape index (κ3) is 5.63. The monoisotopic (exact) mass is 497 g/mol. The predicted molar refractivity (Wildman–Crippen MR) is 135 cm³/mol. The van der Waals surface area contributed by atoms with Crippen molar-refractivity contribution in [3.05, 3.63) is 99.1 Å². The molecule has 178 valence electrons. The first kappa shape index (κ1) is 24.3. The average molecular weight is 498 g/mol. The molecule has 4 rings (SSSR count). The number of carbonyl (C=O) groups is 1. The van der Waals surface area contributed by atoms with Crippen LogP contribution in [0.4, 0.5) is 11.4 Å². The minimum absolute atomic E-state index is 0.183. The number of nitriles is 1. The molecule has 1 N–H and O–H groups in total. The highest BCUT2D eigenvalue weighted by molar-refractivity contribution is 7.99. The molecule has 0 fully saturated rings. The summed E-state index contributed by atoms with van der Waals surface area (Å²) in [5.41, 5.74) is 3.15. The molecule has 0 saturated heterocycles. The van der Waals surface area contributed by atoms with Crippen LogP contribution < -0.4 is 5.32 Å². The number of aryl methyl sites for hydroxylation is 2. The largest absolute Gasteiger partial charge is 0.321 e. The Balaban J connectivity index is 1.61. The summed E-state index contributed by atoms with van der Waals surface area (Å²) in [5.74, 6) is -0.606. The van der Waals surface area contributed by atoms with Gasteiger partial charge in [0, 0.05) is 11.8 Å². The molecule has 0 atom stereocenters. The normalized spacial score (nSPS) is 11.1. The van der Waals surface area contributed by atoms with Crippen molar-refractivity contribution >= 4 is 35.1 Å². The number of amides is 1. The van der Waals surface area contributed by atoms with Gasteiger partial charge in [-0.3, -0.25) is 14.9 Å². The van der Waals surface area contributed by atoms with E-state index in [-0.39, 0.29) is 11.3 Å². The van der Waals surface area contributed by atoms with Crippen molar-refractivity contribution in [2.45, 2.75) is 23.9 Å². The van der Waals surface area contributed by atoms with Crippen LogP contribution >= 0.6 is 11.8 Å². The number of rotatable bonds is 7. The summed E-state index contributed by atoms with van der Waals surface area (Å²) in [4.78, 5) is 24.3. The van der Waals surface area contributed by atoms with Crippen LogP contribution in [0.15, 0.2) is 82.4 Å². The fourth-order valence-electron chi connectivity index (χ4n) is 3.49. The van der Waals surface area contributed by atoms with Crippen LogP contribution in [0.1, 0.15) is 16.7 Å². The fraction of sp³-hybridized carbons (Fsp3) is 0.0800. The number of hydrogen-bond donors (Lipinski definition) is 1. The average Bonchev–Trinajstić information content (AvgIpc) is 3.31. The lowest BCUT2D eigenvalue weighted by Crippen LogP contribution is -2.13. The van der Waals surface area contributed by atoms with Crippen molar-refractivity contribution in [2.75, 3.05) is 5.32 Å². The molecule has 4 aromatic rings. The van der Waals surface area contributed by atoms with Gasteiger partial charge in [0.15, 0.2) is 0 Å². The summed E-state index contributed by atoms with van der Waals surface area (Å²) < 4.78 is 1.48. The van der Waals surface area contributed by atoms with Gasteiger partial charge in [-0.25, -0.2) is 0 Å². The lowest BCUT2D eigenvalue weighted by molar-refractivity contribution is -0.387. The molecule has 10 nitrogen and oxygen atoms in total. The van der Waals surface area contributed by atoms with Crippen molar-refractivity contribution in [3.63, 3.8) is 0 Å². The first-order valence-corrected chi connectivity index (χ1v) is 11.5. The van der Waals surface area contributed by atoms with Crippen molar-refractivity contribution in [2.24, 2.45) is 0 Å². The molecule has 1 amide bonds. The minimum Gasteiger partial charge on any atom is -0.321 e. The van der Waals surface area contributed by atoms with Gasteiger partial charge in [-0.1, -0.05) is 30.3 Å². The molecule has 11 heteroatoms. The maximum atomic E-state index is 12.7. The van der Waals surface area contributed by atoms with Gasteiger partial charge in [0.1, 0.15) is 11.6 Å². The Morgan fingerprint density at radius 3 is 2.50 bits per heavy atom. The number of tetrazole rings is 1. The summed E-state index contributed by atoms with van der Waals surface area (Å²) in [5, 5.41) is 36.0. The molecule has 1 aromatic heterocycles. The molecule has 0 unspecified atom stereocenters. The zero-order chi connectivity index (χ0) is 25.7. The van der Waals surface area contributed by atoms with E-state index in [1.54, 1.807) is 18.2 Å². The second-order valence-electron chi connectivity index (χ2n) is 7.80. The first-order valence-electron chi connectivity index (χ1n) is 10.7. The third-order valence-corrected chi connectivity index (χ3v) is 5.98. The number of hydrogen-bond acceptors (Lipinski definition) is 8. The molecular weight excluding hydrogens is 478 g/mol. The van der Waals surface area contributed by atoms with Crippen molar-refractivity contribution in [3.8, 4) is 11.8 Å². The SMILES string of the molecule is Cc1cc(C)cc(NC(=O)/C(C#N)=C/c2ccc(Sc3nnnn3-c3ccccc3)c([N+](=O)[O-])c2)c1. The van der Waals surface area contributed by atoms with Gasteiger partial charge in [0.05, 0.1) is 15.5 Å². The molecular formula is C25H19N7O3S. The molecule has 3 aromatic carbocycles. The number of carbonyl (C=O) groups excluding carboxylic acids is 1. The fourth-order valence-corrected chi connectivity index (χ4v) is 4.36. The van der Waals surface area contributed by atoms with E-state index in [2.05, 4.69) is 20.8 Å². The van der Waals surface area contributed by atoms with E-state index in [0.717, 1.165) is 22.9 Å². The maximum absolute atomic E-state index is 12.7. The molecule has 0 aliphatic rings. The molecule has 0 spiro atoms. The quantitative estimate of drug-likeness (QED) is 0.165. The van der Waals surface area contributed by atoms with E-state index in [1.807, 2.05) is 56.3 Å². The number of nitrogens with one attached hydrogen (secondary N) is 1. The molecule has 1 heterocycles. The number of aromatic nitrogens is 4. The number of para-hydroxylation sites is 1. The lowest BCUT2D eigenvalue weighted by Gasteiger charge is -2.07. The maximum Gasteiger partial charge on any atom is 0.283 e. The Morgan fingerprint density at radius 2 is 1.83 bits per heavy atom. The summed E-state index contributed by atoms with van der Waals surface area (Å²) in [6.07, 6.45) is 1.31. The number of anilines is 1. The Hall–Kier alpha value is -4.82. The number of nitrogens with zero attached hydrogens (tertiary/aromatic N) is 6. The molecule has 36 heavy (non-hydrogen) atoms. The summed E-state index contributed by atoms with van der Waals surface area (Å²) in [6, 6.07) is 21.0. The van der Waals surface area contributed by atoms with Crippen molar-refractivity contribution in [1.82, 2.24) is 20.2 Å². The Morgan fingerprint density at radius 1 is 1.11 bits per heavy atom. The second-order valence-corrected chi connectivity index (χ2v) is 8.80. The lowest BCUT2D eigenvalue weighted by atomic mass is 10.1. The summed E-state index contributed by atoms with van der Waals surface area (Å²) in [6.45, 7) is 3.81. The van der Waals surface area contributed by atoms with Gasteiger partial charge in [0.25, 0.3) is 11.6 Å². The van der Waals surface area contributed by atoms with Gasteiger partial charge >= 0.3 is 0 Å². The predicted octanol–water partition coefficient (Wildman–Crippen LogP) is 4.88. The van der Waals surface area contributed by atoms with E-state index in [1.165, 1.54) is 22.9 Å². The number of nitro groups is 1. The van der Waals surface area contributed by atoms with E-state index >= 15 is 0 Å². The van der Waals surface area contributed by atoms with Gasteiger partial charge < -0.3 is 5.32 Å². The van der Waals surface area contributed by atoms with Crippen LogP contribution in [0.5, 0.6) is 0 Å². The van der Waals surface area contributed by atoms with Crippen molar-refractivity contribution < 1.29 is 9.72 Å². The van der Waals surface area contributed by atoms with Crippen LogP contribution in [-0.4, -0.2) is 31.0 Å². The highest BCUT2D eigenvalue weighted by atomic mass is 32.2. The minimum atomic E-state index is -0.606. The van der Waals surface area contributed by atoms with E-state index < -0.39 is 10.8 Å². The van der Waals surface area contributed by atoms with Crippen LogP contribution in [0.25, 0.3) is 11.8 Å². The smallest absolute Gasteiger partial charge is 0.283 e. The third-order valence-electron chi connectivity index (χ3n) is 4.98. The van der Waals surface area contributed by atoms with Gasteiger partial charge in [-0.2, -0.15) is 9.94 Å². The highest BCUT2D eigenvalue weighted by Gasteiger charge is 2.20. The molecule has 0 aliphatic heterocycles.